The Morgan fingerprint density at radius 2 is 2.00 bits per heavy atom. The van der Waals surface area contributed by atoms with Crippen LogP contribution >= 0.6 is 0 Å². The number of terminal acetylenes is 1. The van der Waals surface area contributed by atoms with E-state index in [1.807, 2.05) is 0 Å². The predicted molar refractivity (Wildman–Crippen MR) is 60.0 cm³/mol. The van der Waals surface area contributed by atoms with Crippen LogP contribution in [0.2, 0.25) is 0 Å². The molecule has 0 aromatic carbocycles. The average molecular weight is 259 g/mol. The smallest absolute Gasteiger partial charge is 0.407 e. The quantitative estimate of drug-likeness (QED) is 0.618. The van der Waals surface area contributed by atoms with Crippen LogP contribution in [0.3, 0.4) is 0 Å². The number of Topliss-reactive ketones (excluding diaryl/α,β-unsaturated/α-hetero) is 1. The van der Waals surface area contributed by atoms with Gasteiger partial charge in [0.05, 0.1) is 5.92 Å². The van der Waals surface area contributed by atoms with Crippen molar-refractivity contribution in [2.24, 2.45) is 11.8 Å². The van der Waals surface area contributed by atoms with Crippen molar-refractivity contribution in [1.82, 2.24) is 5.32 Å². The highest BCUT2D eigenvalue weighted by atomic mass is 19.3. The second kappa shape index (κ2) is 4.56. The lowest BCUT2D eigenvalue weighted by Gasteiger charge is -2.19. The third-order valence-corrected chi connectivity index (χ3v) is 2.49. The van der Waals surface area contributed by atoms with Crippen molar-refractivity contribution < 1.29 is 23.1 Å². The number of halogens is 2. The zero-order valence-corrected chi connectivity index (χ0v) is 10.4. The van der Waals surface area contributed by atoms with Gasteiger partial charge < -0.3 is 10.1 Å². The molecule has 1 aliphatic carbocycles. The van der Waals surface area contributed by atoms with E-state index in [-0.39, 0.29) is 6.54 Å². The maximum atomic E-state index is 13.2. The first-order chi connectivity index (χ1) is 8.09. The van der Waals surface area contributed by atoms with Crippen molar-refractivity contribution in [3.63, 3.8) is 0 Å². The van der Waals surface area contributed by atoms with E-state index in [0.717, 1.165) is 0 Å². The summed E-state index contributed by atoms with van der Waals surface area (Å²) in [6.45, 7) is 4.63. The number of ether oxygens (including phenoxy) is 1. The van der Waals surface area contributed by atoms with E-state index in [1.54, 1.807) is 26.7 Å². The number of amides is 1. The standard InChI is InChI=1S/C12H15F2NO3/c1-5-8(16)9-7(12(9,13)14)6-15-10(17)18-11(2,3)4/h1,7,9H,6H2,2-4H3,(H,15,17)/t7-,9-/m0/s1. The van der Waals surface area contributed by atoms with Gasteiger partial charge in [0.2, 0.25) is 5.78 Å². The fourth-order valence-corrected chi connectivity index (χ4v) is 1.60. The number of alkyl carbamates (subject to hydrolysis) is 1. The minimum Gasteiger partial charge on any atom is -0.444 e. The zero-order chi connectivity index (χ0) is 14.1. The summed E-state index contributed by atoms with van der Waals surface area (Å²) >= 11 is 0. The second-order valence-corrected chi connectivity index (χ2v) is 5.15. The van der Waals surface area contributed by atoms with Crippen molar-refractivity contribution in [3.05, 3.63) is 0 Å². The van der Waals surface area contributed by atoms with Gasteiger partial charge in [-0.15, -0.1) is 6.42 Å². The molecule has 0 saturated heterocycles. The van der Waals surface area contributed by atoms with Gasteiger partial charge in [-0.1, -0.05) is 0 Å². The molecule has 1 amide bonds. The topological polar surface area (TPSA) is 55.4 Å². The van der Waals surface area contributed by atoms with E-state index in [1.165, 1.54) is 0 Å². The SMILES string of the molecule is C#CC(=O)[C@@H]1[C@H](CNC(=O)OC(C)(C)C)C1(F)F. The van der Waals surface area contributed by atoms with Gasteiger partial charge in [0.25, 0.3) is 5.92 Å². The number of rotatable bonds is 3. The summed E-state index contributed by atoms with van der Waals surface area (Å²) in [5.41, 5.74) is -0.704. The summed E-state index contributed by atoms with van der Waals surface area (Å²) in [6.07, 6.45) is 4.00. The Bertz CT molecular complexity index is 407. The van der Waals surface area contributed by atoms with Crippen LogP contribution in [0.15, 0.2) is 0 Å². The van der Waals surface area contributed by atoms with Crippen LogP contribution in [-0.4, -0.2) is 29.9 Å². The highest BCUT2D eigenvalue weighted by molar-refractivity contribution is 6.00. The highest BCUT2D eigenvalue weighted by Gasteiger charge is 2.71. The number of carbonyl (C=O) groups excluding carboxylic acids is 2. The minimum atomic E-state index is -3.14. The molecule has 1 N–H and O–H groups in total. The molecular weight excluding hydrogens is 244 g/mol. The van der Waals surface area contributed by atoms with Crippen LogP contribution in [-0.2, 0) is 9.53 Å². The van der Waals surface area contributed by atoms with Gasteiger partial charge in [0.1, 0.15) is 11.5 Å². The lowest BCUT2D eigenvalue weighted by Crippen LogP contribution is -2.34. The molecule has 0 unspecified atom stereocenters. The number of hydrogen-bond donors (Lipinski definition) is 1. The molecule has 4 nitrogen and oxygen atoms in total. The summed E-state index contributed by atoms with van der Waals surface area (Å²) in [6, 6.07) is 0. The Labute approximate surface area is 104 Å². The second-order valence-electron chi connectivity index (χ2n) is 5.15. The monoisotopic (exact) mass is 259 g/mol. The number of alkyl halides is 2. The summed E-state index contributed by atoms with van der Waals surface area (Å²) in [7, 11) is 0. The van der Waals surface area contributed by atoms with Gasteiger partial charge >= 0.3 is 6.09 Å². The molecule has 0 heterocycles. The Morgan fingerprint density at radius 1 is 1.44 bits per heavy atom. The van der Waals surface area contributed by atoms with E-state index in [9.17, 15) is 18.4 Å². The molecule has 1 aliphatic rings. The maximum Gasteiger partial charge on any atom is 0.407 e. The minimum absolute atomic E-state index is 0.333. The van der Waals surface area contributed by atoms with Gasteiger partial charge in [0, 0.05) is 6.54 Å². The third-order valence-electron chi connectivity index (χ3n) is 2.49. The van der Waals surface area contributed by atoms with E-state index in [2.05, 4.69) is 5.32 Å². The van der Waals surface area contributed by atoms with Crippen LogP contribution < -0.4 is 5.32 Å². The first kappa shape index (κ1) is 14.4. The zero-order valence-electron chi connectivity index (χ0n) is 10.4. The van der Waals surface area contributed by atoms with E-state index >= 15 is 0 Å². The Kier molecular flexibility index (Phi) is 3.65. The molecule has 1 saturated carbocycles. The summed E-state index contributed by atoms with van der Waals surface area (Å²) < 4.78 is 31.2. The maximum absolute atomic E-state index is 13.2. The van der Waals surface area contributed by atoms with E-state index in [4.69, 9.17) is 11.2 Å². The summed E-state index contributed by atoms with van der Waals surface area (Å²) in [5.74, 6) is -5.13. The van der Waals surface area contributed by atoms with E-state index < -0.39 is 35.2 Å². The number of nitrogens with one attached hydrogen (secondary N) is 1. The molecule has 18 heavy (non-hydrogen) atoms. The van der Waals surface area contributed by atoms with Crippen molar-refractivity contribution in [1.29, 1.82) is 0 Å². The van der Waals surface area contributed by atoms with Crippen LogP contribution in [0.4, 0.5) is 13.6 Å². The largest absolute Gasteiger partial charge is 0.444 e. The summed E-state index contributed by atoms with van der Waals surface area (Å²) in [4.78, 5) is 22.3. The Balaban J connectivity index is 2.45. The molecule has 0 aliphatic heterocycles. The lowest BCUT2D eigenvalue weighted by molar-refractivity contribution is -0.116. The van der Waals surface area contributed by atoms with Gasteiger partial charge in [-0.05, 0) is 26.7 Å². The molecule has 0 bridgehead atoms. The lowest BCUT2D eigenvalue weighted by atomic mass is 10.2. The Hall–Kier alpha value is -1.64. The molecule has 0 aromatic heterocycles. The first-order valence-corrected chi connectivity index (χ1v) is 5.44. The van der Waals surface area contributed by atoms with Crippen LogP contribution in [0.25, 0.3) is 0 Å². The molecule has 2 atom stereocenters. The molecule has 6 heteroatoms. The van der Waals surface area contributed by atoms with Gasteiger partial charge in [-0.2, -0.15) is 0 Å². The summed E-state index contributed by atoms with van der Waals surface area (Å²) in [5, 5.41) is 2.20. The van der Waals surface area contributed by atoms with Crippen LogP contribution in [0.5, 0.6) is 0 Å². The molecule has 0 spiro atoms. The van der Waals surface area contributed by atoms with Crippen LogP contribution in [0.1, 0.15) is 20.8 Å². The number of hydrogen-bond acceptors (Lipinski definition) is 3. The fraction of sp³-hybridized carbons (Fsp3) is 0.667. The fourth-order valence-electron chi connectivity index (χ4n) is 1.60. The van der Waals surface area contributed by atoms with Crippen LogP contribution in [0, 0.1) is 24.2 Å². The number of carbonyl (C=O) groups is 2. The average Bonchev–Trinajstić information content (AvgIpc) is 2.74. The molecule has 1 fully saturated rings. The first-order valence-electron chi connectivity index (χ1n) is 5.44. The van der Waals surface area contributed by atoms with Gasteiger partial charge in [-0.3, -0.25) is 4.79 Å². The van der Waals surface area contributed by atoms with Crippen molar-refractivity contribution >= 4 is 11.9 Å². The third kappa shape index (κ3) is 3.19. The molecule has 1 rings (SSSR count). The van der Waals surface area contributed by atoms with Crippen molar-refractivity contribution in [2.75, 3.05) is 6.54 Å². The highest BCUT2D eigenvalue weighted by Crippen LogP contribution is 2.55. The van der Waals surface area contributed by atoms with Crippen molar-refractivity contribution in [2.45, 2.75) is 32.3 Å². The number of ketones is 1. The van der Waals surface area contributed by atoms with E-state index in [0.29, 0.717) is 0 Å². The molecule has 0 aromatic rings. The molecular formula is C12H15F2NO3. The Morgan fingerprint density at radius 3 is 2.44 bits per heavy atom. The van der Waals surface area contributed by atoms with Crippen molar-refractivity contribution in [3.8, 4) is 12.3 Å². The normalized spacial score (nSPS) is 24.9. The van der Waals surface area contributed by atoms with Gasteiger partial charge in [0.15, 0.2) is 0 Å². The molecule has 100 valence electrons. The predicted octanol–water partition coefficient (Wildman–Crippen LogP) is 1.59. The molecule has 0 radical (unpaired) electrons. The van der Waals surface area contributed by atoms with Gasteiger partial charge in [-0.25, -0.2) is 13.6 Å².